The second kappa shape index (κ2) is 5.90. The van der Waals surface area contributed by atoms with Crippen molar-refractivity contribution in [2.75, 3.05) is 11.9 Å². The molecule has 1 amide bonds. The fourth-order valence-electron chi connectivity index (χ4n) is 2.08. The second-order valence-electron chi connectivity index (χ2n) is 5.06. The van der Waals surface area contributed by atoms with E-state index in [1.165, 1.54) is 12.8 Å². The molecule has 18 heavy (non-hydrogen) atoms. The molecule has 0 heterocycles. The van der Waals surface area contributed by atoms with Crippen molar-refractivity contribution in [3.63, 3.8) is 0 Å². The Morgan fingerprint density at radius 2 is 2.22 bits per heavy atom. The van der Waals surface area contributed by atoms with Gasteiger partial charge in [-0.05, 0) is 65.8 Å². The molecule has 0 bridgehead atoms. The van der Waals surface area contributed by atoms with Gasteiger partial charge in [-0.3, -0.25) is 4.79 Å². The molecule has 4 heteroatoms. The van der Waals surface area contributed by atoms with E-state index in [0.717, 1.165) is 33.0 Å². The molecule has 0 saturated heterocycles. The lowest BCUT2D eigenvalue weighted by molar-refractivity contribution is 0.0943. The minimum absolute atomic E-state index is 0.0592. The molecule has 0 aromatic heterocycles. The van der Waals surface area contributed by atoms with Gasteiger partial charge < -0.3 is 5.32 Å². The van der Waals surface area contributed by atoms with Crippen LogP contribution in [-0.2, 0) is 0 Å². The van der Waals surface area contributed by atoms with Gasteiger partial charge >= 0.3 is 0 Å². The molecule has 0 spiro atoms. The molecule has 1 aromatic carbocycles. The quantitative estimate of drug-likeness (QED) is 0.567. The number of halogens is 2. The Bertz CT molecular complexity index is 457. The van der Waals surface area contributed by atoms with Crippen LogP contribution in [0.3, 0.4) is 0 Å². The molecular weight excluding hydrogens is 405 g/mol. The Balaban J connectivity index is 1.98. The maximum Gasteiger partial charge on any atom is 0.252 e. The molecule has 2 rings (SSSR count). The molecule has 1 aliphatic rings. The predicted octanol–water partition coefficient (Wildman–Crippen LogP) is 3.89. The molecular formula is C14H17BrINO. The van der Waals surface area contributed by atoms with Gasteiger partial charge in [0, 0.05) is 15.4 Å². The van der Waals surface area contributed by atoms with Crippen LogP contribution < -0.4 is 5.32 Å². The van der Waals surface area contributed by atoms with Gasteiger partial charge in [-0.25, -0.2) is 0 Å². The number of hydrogen-bond acceptors (Lipinski definition) is 1. The Hall–Kier alpha value is -0.100. The van der Waals surface area contributed by atoms with Crippen LogP contribution in [0.2, 0.25) is 0 Å². The summed E-state index contributed by atoms with van der Waals surface area (Å²) in [6.07, 6.45) is 3.63. The summed E-state index contributed by atoms with van der Waals surface area (Å²) in [5.41, 5.74) is 2.32. The SMILES string of the molecule is Cc1cccc(C(=O)NCC2(CCBr)CC2)c1I. The van der Waals surface area contributed by atoms with E-state index < -0.39 is 0 Å². The number of carbonyl (C=O) groups is 1. The Morgan fingerprint density at radius 1 is 1.50 bits per heavy atom. The first kappa shape index (κ1) is 14.3. The molecule has 2 nitrogen and oxygen atoms in total. The highest BCUT2D eigenvalue weighted by Gasteiger charge is 2.41. The third-order valence-corrected chi connectivity index (χ3v) is 5.47. The van der Waals surface area contributed by atoms with Crippen LogP contribution in [0, 0.1) is 15.9 Å². The topological polar surface area (TPSA) is 29.1 Å². The van der Waals surface area contributed by atoms with E-state index in [1.807, 2.05) is 25.1 Å². The lowest BCUT2D eigenvalue weighted by Gasteiger charge is -2.15. The van der Waals surface area contributed by atoms with Crippen molar-refractivity contribution in [1.29, 1.82) is 0 Å². The van der Waals surface area contributed by atoms with Gasteiger partial charge in [0.2, 0.25) is 0 Å². The van der Waals surface area contributed by atoms with Crippen LogP contribution >= 0.6 is 38.5 Å². The highest BCUT2D eigenvalue weighted by molar-refractivity contribution is 14.1. The van der Waals surface area contributed by atoms with Crippen molar-refractivity contribution in [3.8, 4) is 0 Å². The summed E-state index contributed by atoms with van der Waals surface area (Å²) in [5.74, 6) is 0.0592. The maximum absolute atomic E-state index is 12.2. The van der Waals surface area contributed by atoms with Gasteiger partial charge in [-0.1, -0.05) is 28.1 Å². The number of nitrogens with one attached hydrogen (secondary N) is 1. The fraction of sp³-hybridized carbons (Fsp3) is 0.500. The number of amides is 1. The highest BCUT2D eigenvalue weighted by atomic mass is 127. The fourth-order valence-corrected chi connectivity index (χ4v) is 3.52. The van der Waals surface area contributed by atoms with E-state index >= 15 is 0 Å². The van der Waals surface area contributed by atoms with Crippen LogP contribution in [0.25, 0.3) is 0 Å². The van der Waals surface area contributed by atoms with Gasteiger partial charge in [0.05, 0.1) is 5.56 Å². The number of alkyl halides is 1. The zero-order valence-electron chi connectivity index (χ0n) is 10.4. The Morgan fingerprint density at radius 3 is 2.83 bits per heavy atom. The lowest BCUT2D eigenvalue weighted by atomic mass is 10.0. The molecule has 0 atom stereocenters. The van der Waals surface area contributed by atoms with E-state index in [2.05, 4.69) is 43.8 Å². The number of aryl methyl sites for hydroxylation is 1. The average Bonchev–Trinajstić information content (AvgIpc) is 3.11. The van der Waals surface area contributed by atoms with Crippen molar-refractivity contribution in [3.05, 3.63) is 32.9 Å². The number of rotatable bonds is 5. The van der Waals surface area contributed by atoms with Crippen LogP contribution in [0.1, 0.15) is 35.2 Å². The van der Waals surface area contributed by atoms with Gasteiger partial charge in [-0.2, -0.15) is 0 Å². The van der Waals surface area contributed by atoms with Gasteiger partial charge in [0.15, 0.2) is 0 Å². The monoisotopic (exact) mass is 421 g/mol. The van der Waals surface area contributed by atoms with Crippen LogP contribution in [-0.4, -0.2) is 17.8 Å². The molecule has 0 radical (unpaired) electrons. The lowest BCUT2D eigenvalue weighted by Crippen LogP contribution is -2.31. The van der Waals surface area contributed by atoms with E-state index in [-0.39, 0.29) is 5.91 Å². The van der Waals surface area contributed by atoms with E-state index in [4.69, 9.17) is 0 Å². The van der Waals surface area contributed by atoms with Crippen LogP contribution in [0.15, 0.2) is 18.2 Å². The molecule has 1 aliphatic carbocycles. The molecule has 1 aromatic rings. The molecule has 1 saturated carbocycles. The molecule has 1 fully saturated rings. The Labute approximate surface area is 130 Å². The van der Waals surface area contributed by atoms with E-state index in [9.17, 15) is 4.79 Å². The summed E-state index contributed by atoms with van der Waals surface area (Å²) in [6.45, 7) is 2.84. The van der Waals surface area contributed by atoms with E-state index in [1.54, 1.807) is 0 Å². The second-order valence-corrected chi connectivity index (χ2v) is 6.93. The molecule has 0 aliphatic heterocycles. The number of carbonyl (C=O) groups excluding carboxylic acids is 1. The molecule has 1 N–H and O–H groups in total. The van der Waals surface area contributed by atoms with Crippen LogP contribution in [0.4, 0.5) is 0 Å². The standard InChI is InChI=1S/C14H17BrINO/c1-10-3-2-4-11(12(10)16)13(18)17-9-14(5-6-14)7-8-15/h2-4H,5-9H2,1H3,(H,17,18). The van der Waals surface area contributed by atoms with E-state index in [0.29, 0.717) is 5.41 Å². The summed E-state index contributed by atoms with van der Waals surface area (Å²) in [7, 11) is 0. The summed E-state index contributed by atoms with van der Waals surface area (Å²) in [6, 6.07) is 5.87. The number of hydrogen-bond donors (Lipinski definition) is 1. The average molecular weight is 422 g/mol. The van der Waals surface area contributed by atoms with Crippen molar-refractivity contribution in [1.82, 2.24) is 5.32 Å². The van der Waals surface area contributed by atoms with Crippen molar-refractivity contribution in [2.24, 2.45) is 5.41 Å². The Kier molecular flexibility index (Phi) is 4.69. The first-order valence-corrected chi connectivity index (χ1v) is 8.37. The summed E-state index contributed by atoms with van der Waals surface area (Å²) < 4.78 is 1.05. The summed E-state index contributed by atoms with van der Waals surface area (Å²) in [4.78, 5) is 12.2. The molecule has 98 valence electrons. The predicted molar refractivity (Wildman–Crippen MR) is 86.3 cm³/mol. The van der Waals surface area contributed by atoms with Gasteiger partial charge in [0.25, 0.3) is 5.91 Å². The van der Waals surface area contributed by atoms with Crippen molar-refractivity contribution in [2.45, 2.75) is 26.2 Å². The van der Waals surface area contributed by atoms with Gasteiger partial charge in [-0.15, -0.1) is 0 Å². The smallest absolute Gasteiger partial charge is 0.252 e. The first-order chi connectivity index (χ1) is 8.58. The zero-order valence-corrected chi connectivity index (χ0v) is 14.2. The van der Waals surface area contributed by atoms with Crippen molar-refractivity contribution >= 4 is 44.4 Å². The zero-order chi connectivity index (χ0) is 13.2. The largest absolute Gasteiger partial charge is 0.351 e. The first-order valence-electron chi connectivity index (χ1n) is 6.17. The summed E-state index contributed by atoms with van der Waals surface area (Å²) >= 11 is 5.73. The van der Waals surface area contributed by atoms with Gasteiger partial charge in [0.1, 0.15) is 0 Å². The third kappa shape index (κ3) is 3.26. The number of benzene rings is 1. The normalized spacial score (nSPS) is 16.4. The highest BCUT2D eigenvalue weighted by Crippen LogP contribution is 2.48. The minimum Gasteiger partial charge on any atom is -0.351 e. The van der Waals surface area contributed by atoms with Crippen molar-refractivity contribution < 1.29 is 4.79 Å². The maximum atomic E-state index is 12.2. The third-order valence-electron chi connectivity index (χ3n) is 3.64. The minimum atomic E-state index is 0.0592. The van der Waals surface area contributed by atoms with Crippen LogP contribution in [0.5, 0.6) is 0 Å². The summed E-state index contributed by atoms with van der Waals surface area (Å²) in [5, 5.41) is 4.11. The molecule has 0 unspecified atom stereocenters.